The van der Waals surface area contributed by atoms with Crippen LogP contribution in [-0.2, 0) is 10.0 Å². The van der Waals surface area contributed by atoms with Crippen LogP contribution in [0.2, 0.25) is 0 Å². The predicted octanol–water partition coefficient (Wildman–Crippen LogP) is 1.81. The lowest BCUT2D eigenvalue weighted by molar-refractivity contribution is 0.0870. The Morgan fingerprint density at radius 1 is 1.28 bits per heavy atom. The van der Waals surface area contributed by atoms with Crippen molar-refractivity contribution < 1.29 is 17.7 Å². The van der Waals surface area contributed by atoms with Crippen LogP contribution >= 0.6 is 0 Å². The zero-order valence-corrected chi connectivity index (χ0v) is 18.2. The fourth-order valence-electron chi connectivity index (χ4n) is 4.46. The summed E-state index contributed by atoms with van der Waals surface area (Å²) in [5, 5.41) is 6.95. The van der Waals surface area contributed by atoms with E-state index >= 15 is 0 Å². The van der Waals surface area contributed by atoms with Crippen molar-refractivity contribution >= 4 is 15.9 Å². The average molecular weight is 425 g/mol. The maximum absolute atomic E-state index is 12.9. The largest absolute Gasteiger partial charge is 0.360 e. The molecule has 4 rings (SSSR count). The smallest absolute Gasteiger partial charge is 0.273 e. The van der Waals surface area contributed by atoms with Crippen molar-refractivity contribution in [3.63, 3.8) is 0 Å². The van der Waals surface area contributed by atoms with Crippen LogP contribution in [-0.4, -0.2) is 72.7 Å². The number of nitrogens with one attached hydrogen (secondary N) is 1. The molecule has 1 amide bonds. The lowest BCUT2D eigenvalue weighted by Crippen LogP contribution is -2.56. The molecule has 1 saturated carbocycles. The summed E-state index contributed by atoms with van der Waals surface area (Å²) in [6.45, 7) is 6.97. The first-order valence-electron chi connectivity index (χ1n) is 10.8. The van der Waals surface area contributed by atoms with E-state index in [0.29, 0.717) is 31.1 Å². The van der Waals surface area contributed by atoms with Gasteiger partial charge in [-0.25, -0.2) is 8.42 Å². The van der Waals surface area contributed by atoms with E-state index in [4.69, 9.17) is 4.52 Å². The fourth-order valence-corrected chi connectivity index (χ4v) is 6.28. The summed E-state index contributed by atoms with van der Waals surface area (Å²) in [6.07, 6.45) is 5.10. The summed E-state index contributed by atoms with van der Waals surface area (Å²) in [7, 11) is -3.30. The van der Waals surface area contributed by atoms with Crippen LogP contribution in [0.5, 0.6) is 0 Å². The standard InChI is InChI=1S/C20H32N4O4S/c1-14-13-24(29(26,27)10-9-23-7-3-4-8-23)15(2)11-17(14)21-20(25)18-12-19(28-22-18)16-5-6-16/h12,14-17H,3-11,13H2,1-2H3,(H,21,25)/t14-,15-,17+/m1/s1. The molecule has 2 aliphatic heterocycles. The second-order valence-electron chi connectivity index (χ2n) is 8.97. The Morgan fingerprint density at radius 2 is 2.00 bits per heavy atom. The molecule has 3 aliphatic rings. The average Bonchev–Trinajstić information content (AvgIpc) is 3.19. The number of amides is 1. The highest BCUT2D eigenvalue weighted by Gasteiger charge is 2.38. The molecular weight excluding hydrogens is 392 g/mol. The summed E-state index contributed by atoms with van der Waals surface area (Å²) in [5.41, 5.74) is 0.312. The third kappa shape index (κ3) is 4.83. The number of hydrogen-bond donors (Lipinski definition) is 1. The van der Waals surface area contributed by atoms with E-state index in [9.17, 15) is 13.2 Å². The van der Waals surface area contributed by atoms with Crippen molar-refractivity contribution in [1.82, 2.24) is 19.7 Å². The van der Waals surface area contributed by atoms with Crippen molar-refractivity contribution in [2.45, 2.75) is 64.0 Å². The van der Waals surface area contributed by atoms with E-state index in [0.717, 1.165) is 44.5 Å². The second kappa shape index (κ2) is 8.35. The Hall–Kier alpha value is -1.45. The first kappa shape index (κ1) is 20.8. The van der Waals surface area contributed by atoms with E-state index in [-0.39, 0.29) is 29.7 Å². The maximum atomic E-state index is 12.9. The van der Waals surface area contributed by atoms with E-state index in [1.807, 2.05) is 13.8 Å². The summed E-state index contributed by atoms with van der Waals surface area (Å²) >= 11 is 0. The Bertz CT molecular complexity index is 829. The topological polar surface area (TPSA) is 95.8 Å². The van der Waals surface area contributed by atoms with Gasteiger partial charge in [0.05, 0.1) is 5.75 Å². The van der Waals surface area contributed by atoms with Gasteiger partial charge >= 0.3 is 0 Å². The van der Waals surface area contributed by atoms with Gasteiger partial charge in [-0.3, -0.25) is 4.79 Å². The van der Waals surface area contributed by atoms with Gasteiger partial charge in [0.15, 0.2) is 5.69 Å². The molecule has 0 bridgehead atoms. The van der Waals surface area contributed by atoms with Crippen molar-refractivity contribution in [2.75, 3.05) is 31.9 Å². The molecular formula is C20H32N4O4S. The number of sulfonamides is 1. The number of piperidine rings is 1. The molecule has 2 saturated heterocycles. The highest BCUT2D eigenvalue weighted by Crippen LogP contribution is 2.40. The van der Waals surface area contributed by atoms with E-state index in [2.05, 4.69) is 15.4 Å². The highest BCUT2D eigenvalue weighted by atomic mass is 32.2. The molecule has 3 atom stereocenters. The highest BCUT2D eigenvalue weighted by molar-refractivity contribution is 7.89. The molecule has 162 valence electrons. The Kier molecular flexibility index (Phi) is 5.99. The Morgan fingerprint density at radius 3 is 2.69 bits per heavy atom. The van der Waals surface area contributed by atoms with E-state index in [1.54, 1.807) is 10.4 Å². The van der Waals surface area contributed by atoms with Gasteiger partial charge in [0.25, 0.3) is 5.91 Å². The van der Waals surface area contributed by atoms with Gasteiger partial charge in [0, 0.05) is 37.2 Å². The first-order chi connectivity index (χ1) is 13.8. The number of rotatable bonds is 7. The van der Waals surface area contributed by atoms with Gasteiger partial charge in [-0.1, -0.05) is 12.1 Å². The van der Waals surface area contributed by atoms with Crippen LogP contribution in [0.25, 0.3) is 0 Å². The van der Waals surface area contributed by atoms with Crippen molar-refractivity contribution in [2.24, 2.45) is 5.92 Å². The lowest BCUT2D eigenvalue weighted by atomic mass is 9.91. The molecule has 9 heteroatoms. The molecule has 0 radical (unpaired) electrons. The van der Waals surface area contributed by atoms with Gasteiger partial charge in [-0.05, 0) is 58.0 Å². The van der Waals surface area contributed by atoms with Crippen LogP contribution in [0.1, 0.15) is 68.1 Å². The molecule has 0 spiro atoms. The number of aromatic nitrogens is 1. The third-order valence-corrected chi connectivity index (χ3v) is 8.44. The monoisotopic (exact) mass is 424 g/mol. The molecule has 3 fully saturated rings. The van der Waals surface area contributed by atoms with Gasteiger partial charge in [-0.2, -0.15) is 4.31 Å². The van der Waals surface area contributed by atoms with E-state index in [1.165, 1.54) is 0 Å². The Balaban J connectivity index is 1.33. The maximum Gasteiger partial charge on any atom is 0.273 e. The number of hydrogen-bond acceptors (Lipinski definition) is 6. The molecule has 1 aliphatic carbocycles. The molecule has 3 heterocycles. The van der Waals surface area contributed by atoms with Crippen LogP contribution in [0.3, 0.4) is 0 Å². The van der Waals surface area contributed by atoms with Crippen LogP contribution in [0.15, 0.2) is 10.6 Å². The third-order valence-electron chi connectivity index (χ3n) is 6.52. The molecule has 1 aromatic heterocycles. The van der Waals surface area contributed by atoms with E-state index < -0.39 is 10.0 Å². The first-order valence-corrected chi connectivity index (χ1v) is 12.4. The summed E-state index contributed by atoms with van der Waals surface area (Å²) in [6, 6.07) is 1.52. The fraction of sp³-hybridized carbons (Fsp3) is 0.800. The molecule has 29 heavy (non-hydrogen) atoms. The summed E-state index contributed by atoms with van der Waals surface area (Å²) in [5.74, 6) is 1.17. The molecule has 8 nitrogen and oxygen atoms in total. The van der Waals surface area contributed by atoms with Crippen molar-refractivity contribution in [1.29, 1.82) is 0 Å². The summed E-state index contributed by atoms with van der Waals surface area (Å²) < 4.78 is 32.7. The quantitative estimate of drug-likeness (QED) is 0.717. The number of carbonyl (C=O) groups excluding carboxylic acids is 1. The minimum atomic E-state index is -3.30. The normalized spacial score (nSPS) is 29.2. The van der Waals surface area contributed by atoms with Crippen molar-refractivity contribution in [3.8, 4) is 0 Å². The van der Waals surface area contributed by atoms with Crippen molar-refractivity contribution in [3.05, 3.63) is 17.5 Å². The zero-order valence-electron chi connectivity index (χ0n) is 17.3. The second-order valence-corrected chi connectivity index (χ2v) is 11.0. The zero-order chi connectivity index (χ0) is 20.6. The van der Waals surface area contributed by atoms with Gasteiger partial charge < -0.3 is 14.7 Å². The van der Waals surface area contributed by atoms with Crippen LogP contribution < -0.4 is 5.32 Å². The number of likely N-dealkylation sites (tertiary alicyclic amines) is 1. The van der Waals surface area contributed by atoms with Crippen LogP contribution in [0.4, 0.5) is 0 Å². The number of nitrogens with zero attached hydrogens (tertiary/aromatic N) is 3. The predicted molar refractivity (Wildman–Crippen MR) is 109 cm³/mol. The van der Waals surface area contributed by atoms with Gasteiger partial charge in [-0.15, -0.1) is 0 Å². The summed E-state index contributed by atoms with van der Waals surface area (Å²) in [4.78, 5) is 14.8. The molecule has 1 N–H and O–H groups in total. The van der Waals surface area contributed by atoms with Gasteiger partial charge in [0.2, 0.25) is 10.0 Å². The lowest BCUT2D eigenvalue weighted by Gasteiger charge is -2.41. The molecule has 1 aromatic rings. The minimum Gasteiger partial charge on any atom is -0.360 e. The number of carbonyl (C=O) groups is 1. The molecule has 0 unspecified atom stereocenters. The SMILES string of the molecule is C[C@@H]1CN(S(=O)(=O)CCN2CCCC2)[C@H](C)C[C@@H]1NC(=O)c1cc(C2CC2)on1. The van der Waals surface area contributed by atoms with Gasteiger partial charge in [0.1, 0.15) is 5.76 Å². The molecule has 0 aromatic carbocycles. The minimum absolute atomic E-state index is 0.0338. The Labute approximate surface area is 173 Å². The van der Waals surface area contributed by atoms with Crippen LogP contribution in [0, 0.1) is 5.92 Å².